The lowest BCUT2D eigenvalue weighted by Crippen LogP contribution is -2.25. The Kier molecular flexibility index (Phi) is 5.00. The number of hydrogen-bond acceptors (Lipinski definition) is 0. The van der Waals surface area contributed by atoms with Crippen molar-refractivity contribution < 1.29 is 4.39 Å². The highest BCUT2D eigenvalue weighted by molar-refractivity contribution is 5.26. The minimum absolute atomic E-state index is 0.0395. The largest absolute Gasteiger partial charge is 0.207 e. The van der Waals surface area contributed by atoms with Gasteiger partial charge in [-0.15, -0.1) is 6.58 Å². The molecule has 22 heavy (non-hydrogen) atoms. The molecule has 120 valence electrons. The minimum atomic E-state index is -0.0395. The van der Waals surface area contributed by atoms with Gasteiger partial charge in [-0.3, -0.25) is 0 Å². The fourth-order valence-corrected chi connectivity index (χ4v) is 4.64. The number of allylic oxidation sites excluding steroid dienone is 1. The molecule has 1 aromatic carbocycles. The fourth-order valence-electron chi connectivity index (χ4n) is 4.64. The maximum atomic E-state index is 13.8. The zero-order valence-corrected chi connectivity index (χ0v) is 13.9. The highest BCUT2D eigenvalue weighted by atomic mass is 19.1. The van der Waals surface area contributed by atoms with Crippen molar-refractivity contribution in [2.24, 2.45) is 17.8 Å². The highest BCUT2D eigenvalue weighted by Crippen LogP contribution is 2.44. The molecule has 1 aromatic rings. The Hall–Kier alpha value is -1.11. The van der Waals surface area contributed by atoms with E-state index in [2.05, 4.69) is 18.7 Å². The molecule has 0 aromatic heterocycles. The van der Waals surface area contributed by atoms with Crippen LogP contribution >= 0.6 is 0 Å². The molecular formula is C21H29F. The van der Waals surface area contributed by atoms with Crippen molar-refractivity contribution in [2.75, 3.05) is 0 Å². The molecule has 0 nitrogen and oxygen atoms in total. The fraction of sp³-hybridized carbons (Fsp3) is 0.619. The molecule has 0 atom stereocenters. The first-order valence-corrected chi connectivity index (χ1v) is 9.06. The molecule has 0 saturated heterocycles. The van der Waals surface area contributed by atoms with E-state index in [-0.39, 0.29) is 5.82 Å². The van der Waals surface area contributed by atoms with Crippen molar-refractivity contribution in [3.63, 3.8) is 0 Å². The van der Waals surface area contributed by atoms with Gasteiger partial charge in [0.05, 0.1) is 0 Å². The number of rotatable bonds is 3. The van der Waals surface area contributed by atoms with E-state index in [1.165, 1.54) is 56.9 Å². The van der Waals surface area contributed by atoms with Crippen LogP contribution in [0.25, 0.3) is 0 Å². The summed E-state index contributed by atoms with van der Waals surface area (Å²) in [4.78, 5) is 0. The highest BCUT2D eigenvalue weighted by Gasteiger charge is 2.30. The van der Waals surface area contributed by atoms with Crippen LogP contribution in [0.1, 0.15) is 68.4 Å². The first-order valence-electron chi connectivity index (χ1n) is 9.06. The first-order chi connectivity index (χ1) is 10.7. The van der Waals surface area contributed by atoms with Crippen LogP contribution in [0.3, 0.4) is 0 Å². The van der Waals surface area contributed by atoms with E-state index in [0.717, 1.165) is 23.3 Å². The van der Waals surface area contributed by atoms with Gasteiger partial charge >= 0.3 is 0 Å². The second-order valence-electron chi connectivity index (χ2n) is 7.53. The Morgan fingerprint density at radius 3 is 2.09 bits per heavy atom. The van der Waals surface area contributed by atoms with Crippen LogP contribution in [-0.4, -0.2) is 0 Å². The van der Waals surface area contributed by atoms with Gasteiger partial charge in [0.2, 0.25) is 0 Å². The molecule has 2 aliphatic carbocycles. The summed E-state index contributed by atoms with van der Waals surface area (Å²) in [6.07, 6.45) is 12.8. The minimum Gasteiger partial charge on any atom is -0.207 e. The summed E-state index contributed by atoms with van der Waals surface area (Å²) in [6.45, 7) is 5.79. The molecular weight excluding hydrogens is 271 g/mol. The summed E-state index contributed by atoms with van der Waals surface area (Å²) >= 11 is 0. The molecule has 0 unspecified atom stereocenters. The van der Waals surface area contributed by atoms with Crippen molar-refractivity contribution in [1.82, 2.24) is 0 Å². The van der Waals surface area contributed by atoms with Crippen LogP contribution < -0.4 is 0 Å². The summed E-state index contributed by atoms with van der Waals surface area (Å²) in [7, 11) is 0. The lowest BCUT2D eigenvalue weighted by atomic mass is 9.68. The summed E-state index contributed by atoms with van der Waals surface area (Å²) < 4.78 is 13.8. The monoisotopic (exact) mass is 300 g/mol. The molecule has 0 spiro atoms. The zero-order valence-electron chi connectivity index (χ0n) is 13.9. The van der Waals surface area contributed by atoms with Gasteiger partial charge in [-0.2, -0.15) is 0 Å². The van der Waals surface area contributed by atoms with Gasteiger partial charge < -0.3 is 0 Å². The molecule has 0 heterocycles. The maximum Gasteiger partial charge on any atom is 0.126 e. The van der Waals surface area contributed by atoms with Gasteiger partial charge in [-0.05, 0) is 99.2 Å². The third-order valence-electron chi connectivity index (χ3n) is 6.26. The van der Waals surface area contributed by atoms with Crippen LogP contribution in [0.5, 0.6) is 0 Å². The van der Waals surface area contributed by atoms with Gasteiger partial charge in [-0.25, -0.2) is 4.39 Å². The van der Waals surface area contributed by atoms with E-state index in [9.17, 15) is 4.39 Å². The van der Waals surface area contributed by atoms with E-state index in [4.69, 9.17) is 0 Å². The number of halogens is 1. The maximum absolute atomic E-state index is 13.8. The summed E-state index contributed by atoms with van der Waals surface area (Å²) in [5.41, 5.74) is 1.98. The molecule has 0 bridgehead atoms. The Bertz CT molecular complexity index is 503. The summed E-state index contributed by atoms with van der Waals surface area (Å²) in [5, 5.41) is 0. The molecule has 0 radical (unpaired) electrons. The van der Waals surface area contributed by atoms with E-state index in [1.807, 2.05) is 13.0 Å². The SMILES string of the molecule is C=CC1CCC(C2CCC(c3ccc(C)c(F)c3)CC2)CC1. The molecule has 1 heteroatoms. The van der Waals surface area contributed by atoms with Crippen LogP contribution in [0, 0.1) is 30.5 Å². The predicted molar refractivity (Wildman–Crippen MR) is 91.5 cm³/mol. The number of benzene rings is 1. The normalized spacial score (nSPS) is 32.6. The second kappa shape index (κ2) is 6.98. The predicted octanol–water partition coefficient (Wildman–Crippen LogP) is 6.40. The number of hydrogen-bond donors (Lipinski definition) is 0. The Labute approximate surface area is 134 Å². The second-order valence-corrected chi connectivity index (χ2v) is 7.53. The lowest BCUT2D eigenvalue weighted by molar-refractivity contribution is 0.171. The van der Waals surface area contributed by atoms with Crippen molar-refractivity contribution >= 4 is 0 Å². The smallest absolute Gasteiger partial charge is 0.126 e. The van der Waals surface area contributed by atoms with E-state index >= 15 is 0 Å². The Balaban J connectivity index is 1.54. The van der Waals surface area contributed by atoms with Crippen molar-refractivity contribution in [3.8, 4) is 0 Å². The van der Waals surface area contributed by atoms with Crippen molar-refractivity contribution in [1.29, 1.82) is 0 Å². The van der Waals surface area contributed by atoms with E-state index in [0.29, 0.717) is 5.92 Å². The molecule has 2 saturated carbocycles. The quantitative estimate of drug-likeness (QED) is 0.566. The molecule has 0 amide bonds. The van der Waals surface area contributed by atoms with Crippen molar-refractivity contribution in [3.05, 3.63) is 47.8 Å². The molecule has 0 N–H and O–H groups in total. The van der Waals surface area contributed by atoms with Gasteiger partial charge in [0.1, 0.15) is 5.82 Å². The third kappa shape index (κ3) is 3.45. The molecule has 0 aliphatic heterocycles. The average Bonchev–Trinajstić information content (AvgIpc) is 2.58. The lowest BCUT2D eigenvalue weighted by Gasteiger charge is -2.37. The standard InChI is InChI=1S/C21H29F/c1-3-16-5-8-17(9-6-16)18-10-12-19(13-11-18)20-7-4-15(2)21(22)14-20/h3-4,7,14,16-19H,1,5-6,8-13H2,2H3. The van der Waals surface area contributed by atoms with Crippen LogP contribution in [0.15, 0.2) is 30.9 Å². The molecule has 3 rings (SSSR count). The van der Waals surface area contributed by atoms with Gasteiger partial charge in [0, 0.05) is 0 Å². The third-order valence-corrected chi connectivity index (χ3v) is 6.26. The van der Waals surface area contributed by atoms with Crippen LogP contribution in [0.2, 0.25) is 0 Å². The first kappa shape index (κ1) is 15.8. The Morgan fingerprint density at radius 2 is 1.55 bits per heavy atom. The van der Waals surface area contributed by atoms with Crippen LogP contribution in [0.4, 0.5) is 4.39 Å². The number of aryl methyl sites for hydroxylation is 1. The van der Waals surface area contributed by atoms with Crippen LogP contribution in [-0.2, 0) is 0 Å². The average molecular weight is 300 g/mol. The van der Waals surface area contributed by atoms with Crippen molar-refractivity contribution in [2.45, 2.75) is 64.2 Å². The van der Waals surface area contributed by atoms with Gasteiger partial charge in [0.15, 0.2) is 0 Å². The van der Waals surface area contributed by atoms with Gasteiger partial charge in [0.25, 0.3) is 0 Å². The topological polar surface area (TPSA) is 0 Å². The Morgan fingerprint density at radius 1 is 0.955 bits per heavy atom. The summed E-state index contributed by atoms with van der Waals surface area (Å²) in [6, 6.07) is 5.85. The summed E-state index contributed by atoms with van der Waals surface area (Å²) in [5.74, 6) is 3.16. The van der Waals surface area contributed by atoms with E-state index < -0.39 is 0 Å². The molecule has 2 fully saturated rings. The van der Waals surface area contributed by atoms with E-state index in [1.54, 1.807) is 6.07 Å². The van der Waals surface area contributed by atoms with Gasteiger partial charge in [-0.1, -0.05) is 18.2 Å². The zero-order chi connectivity index (χ0) is 15.5. The molecule has 2 aliphatic rings.